The Morgan fingerprint density at radius 3 is 1.40 bits per heavy atom. The molecule has 15 aromatic rings. The maximum Gasteiger partial charge on any atom is 0.0541 e. The number of fused-ring (bicyclic) bond motifs is 17. The molecule has 2 nitrogen and oxygen atoms in total. The maximum absolute atomic E-state index is 2.49. The molecule has 0 N–H and O–H groups in total. The van der Waals surface area contributed by atoms with E-state index in [1.807, 2.05) is 0 Å². The number of hydrogen-bond donors (Lipinski definition) is 0. The van der Waals surface area contributed by atoms with Crippen molar-refractivity contribution in [3.8, 4) is 33.6 Å². The molecule has 0 unspecified atom stereocenters. The van der Waals surface area contributed by atoms with E-state index in [1.54, 1.807) is 0 Å². The predicted octanol–water partition coefficient (Wildman–Crippen LogP) is 18.1. The molecule has 0 spiro atoms. The Kier molecular flexibility index (Phi) is 7.81. The summed E-state index contributed by atoms with van der Waals surface area (Å²) in [6, 6.07) is 90.1. The van der Waals surface area contributed by atoms with Crippen LogP contribution in [-0.2, 0) is 0 Å². The molecule has 2 aromatic heterocycles. The highest BCUT2D eigenvalue weighted by atomic mass is 15.0. The van der Waals surface area contributed by atoms with Gasteiger partial charge in [0.15, 0.2) is 0 Å². The Morgan fingerprint density at radius 2 is 0.706 bits per heavy atom. The van der Waals surface area contributed by atoms with Gasteiger partial charge in [0.2, 0.25) is 0 Å². The average molecular weight is 861 g/mol. The molecule has 0 saturated carbocycles. The van der Waals surface area contributed by atoms with Crippen molar-refractivity contribution in [1.82, 2.24) is 9.13 Å². The van der Waals surface area contributed by atoms with Crippen molar-refractivity contribution >= 4 is 108 Å². The summed E-state index contributed by atoms with van der Waals surface area (Å²) in [5.74, 6) is 0. The Morgan fingerprint density at radius 1 is 0.221 bits per heavy atom. The van der Waals surface area contributed by atoms with E-state index in [2.05, 4.69) is 252 Å². The van der Waals surface area contributed by atoms with Crippen LogP contribution in [0.3, 0.4) is 0 Å². The maximum atomic E-state index is 2.49. The van der Waals surface area contributed by atoms with Gasteiger partial charge in [0.1, 0.15) is 0 Å². The van der Waals surface area contributed by atoms with Crippen molar-refractivity contribution in [2.24, 2.45) is 0 Å². The molecule has 0 saturated heterocycles. The monoisotopic (exact) mass is 860 g/mol. The lowest BCUT2D eigenvalue weighted by molar-refractivity contribution is 1.18. The van der Waals surface area contributed by atoms with Crippen LogP contribution in [0.2, 0.25) is 0 Å². The first kappa shape index (κ1) is 37.3. The number of rotatable bonds is 4. The molecule has 314 valence electrons. The molecular weight excluding hydrogens is 821 g/mol. The van der Waals surface area contributed by atoms with Crippen LogP contribution in [0, 0.1) is 0 Å². The van der Waals surface area contributed by atoms with Crippen molar-refractivity contribution in [1.29, 1.82) is 0 Å². The van der Waals surface area contributed by atoms with E-state index < -0.39 is 0 Å². The topological polar surface area (TPSA) is 9.86 Å². The van der Waals surface area contributed by atoms with Gasteiger partial charge in [-0.1, -0.05) is 182 Å². The van der Waals surface area contributed by atoms with Gasteiger partial charge in [-0.15, -0.1) is 0 Å². The Balaban J connectivity index is 0.952. The minimum Gasteiger partial charge on any atom is -0.309 e. The van der Waals surface area contributed by atoms with E-state index in [1.165, 1.54) is 142 Å². The van der Waals surface area contributed by atoms with E-state index in [9.17, 15) is 0 Å². The van der Waals surface area contributed by atoms with Crippen LogP contribution in [0.5, 0.6) is 0 Å². The van der Waals surface area contributed by atoms with Crippen molar-refractivity contribution in [2.45, 2.75) is 0 Å². The van der Waals surface area contributed by atoms with Crippen LogP contribution >= 0.6 is 0 Å². The van der Waals surface area contributed by atoms with Crippen LogP contribution in [0.25, 0.3) is 142 Å². The highest BCUT2D eigenvalue weighted by Crippen LogP contribution is 2.47. The Bertz CT molecular complexity index is 4600. The van der Waals surface area contributed by atoms with Gasteiger partial charge in [-0.3, -0.25) is 0 Å². The molecule has 0 fully saturated rings. The highest BCUT2D eigenvalue weighted by molar-refractivity contribution is 6.37. The SMILES string of the molecule is c1ccc(-n2c3ccccc3c3cc(-c4ccc5c(c4)c4ccccc4n5-c4ccc(-c5cc6c7ccccc7c7ccccc7c6c6c5ccc5ccccc56)c5ccccc45)ccc32)cc1. The summed E-state index contributed by atoms with van der Waals surface area (Å²) >= 11 is 0. The third-order valence-corrected chi connectivity index (χ3v) is 14.9. The van der Waals surface area contributed by atoms with E-state index in [4.69, 9.17) is 0 Å². The molecule has 68 heavy (non-hydrogen) atoms. The van der Waals surface area contributed by atoms with Gasteiger partial charge in [0.05, 0.1) is 27.8 Å². The van der Waals surface area contributed by atoms with E-state index in [0.717, 1.165) is 0 Å². The third-order valence-electron chi connectivity index (χ3n) is 14.9. The molecular formula is C66H40N2. The first-order valence-electron chi connectivity index (χ1n) is 23.6. The number of para-hydroxylation sites is 3. The predicted molar refractivity (Wildman–Crippen MR) is 291 cm³/mol. The minimum atomic E-state index is 1.17. The van der Waals surface area contributed by atoms with Crippen molar-refractivity contribution < 1.29 is 0 Å². The zero-order valence-electron chi connectivity index (χ0n) is 37.0. The Hall–Kier alpha value is -8.98. The third kappa shape index (κ3) is 5.23. The lowest BCUT2D eigenvalue weighted by Gasteiger charge is -2.19. The summed E-state index contributed by atoms with van der Waals surface area (Å²) in [6.07, 6.45) is 0. The molecule has 13 aromatic carbocycles. The largest absolute Gasteiger partial charge is 0.309 e. The molecule has 0 aliphatic heterocycles. The molecule has 0 aliphatic rings. The van der Waals surface area contributed by atoms with E-state index >= 15 is 0 Å². The second-order valence-electron chi connectivity index (χ2n) is 18.3. The number of nitrogens with zero attached hydrogens (tertiary/aromatic N) is 2. The highest BCUT2D eigenvalue weighted by Gasteiger charge is 2.21. The molecule has 2 heteroatoms. The summed E-state index contributed by atoms with van der Waals surface area (Å²) in [7, 11) is 0. The second kappa shape index (κ2) is 14.3. The zero-order chi connectivity index (χ0) is 44.5. The lowest BCUT2D eigenvalue weighted by Crippen LogP contribution is -1.97. The number of hydrogen-bond acceptors (Lipinski definition) is 0. The van der Waals surface area contributed by atoms with Crippen LogP contribution in [0.15, 0.2) is 243 Å². The fraction of sp³-hybridized carbons (Fsp3) is 0. The second-order valence-corrected chi connectivity index (χ2v) is 18.3. The summed E-state index contributed by atoms with van der Waals surface area (Å²) in [4.78, 5) is 0. The van der Waals surface area contributed by atoms with Crippen molar-refractivity contribution in [2.75, 3.05) is 0 Å². The fourth-order valence-corrected chi connectivity index (χ4v) is 11.9. The quantitative estimate of drug-likeness (QED) is 0.156. The first-order chi connectivity index (χ1) is 33.8. The van der Waals surface area contributed by atoms with E-state index in [0.29, 0.717) is 0 Å². The molecule has 0 radical (unpaired) electrons. The normalized spacial score (nSPS) is 12.1. The van der Waals surface area contributed by atoms with Crippen LogP contribution in [-0.4, -0.2) is 9.13 Å². The van der Waals surface area contributed by atoms with Crippen LogP contribution in [0.4, 0.5) is 0 Å². The summed E-state index contributed by atoms with van der Waals surface area (Å²) in [6.45, 7) is 0. The molecule has 0 bridgehead atoms. The van der Waals surface area contributed by atoms with Gasteiger partial charge in [0, 0.05) is 32.6 Å². The van der Waals surface area contributed by atoms with Crippen LogP contribution in [0.1, 0.15) is 0 Å². The van der Waals surface area contributed by atoms with Gasteiger partial charge >= 0.3 is 0 Å². The summed E-state index contributed by atoms with van der Waals surface area (Å²) in [5, 5.41) is 20.3. The smallest absolute Gasteiger partial charge is 0.0541 e. The average Bonchev–Trinajstić information content (AvgIpc) is 3.92. The van der Waals surface area contributed by atoms with Gasteiger partial charge in [-0.2, -0.15) is 0 Å². The molecule has 2 heterocycles. The lowest BCUT2D eigenvalue weighted by atomic mass is 9.84. The first-order valence-corrected chi connectivity index (χ1v) is 23.6. The van der Waals surface area contributed by atoms with Crippen molar-refractivity contribution in [3.05, 3.63) is 243 Å². The van der Waals surface area contributed by atoms with Gasteiger partial charge in [0.25, 0.3) is 0 Å². The minimum absolute atomic E-state index is 1.17. The van der Waals surface area contributed by atoms with Gasteiger partial charge in [-0.25, -0.2) is 0 Å². The summed E-state index contributed by atoms with van der Waals surface area (Å²) in [5.41, 5.74) is 12.0. The summed E-state index contributed by atoms with van der Waals surface area (Å²) < 4.78 is 4.87. The standard InChI is InChI=1S/C66H40N2/c1-2-17-44(18-3-1)67-60-28-14-12-25-52(60)57-38-42(31-35-63(57)67)43-32-36-64-58(39-43)53-26-13-15-29-61(53)68(64)62-37-34-50(47-21-8-10-24-51(47)62)56-40-59-49-23-7-6-20-46(49)48-22-9-11-27-54(48)66(59)65-45-19-5-4-16-41(45)30-33-55(56)65/h1-40H. The molecule has 0 atom stereocenters. The number of benzene rings is 13. The molecule has 0 amide bonds. The number of aromatic nitrogens is 2. The van der Waals surface area contributed by atoms with Crippen LogP contribution < -0.4 is 0 Å². The molecule has 15 rings (SSSR count). The fourth-order valence-electron chi connectivity index (χ4n) is 11.9. The van der Waals surface area contributed by atoms with Gasteiger partial charge < -0.3 is 9.13 Å². The Labute approximate surface area is 391 Å². The molecule has 0 aliphatic carbocycles. The van der Waals surface area contributed by atoms with Gasteiger partial charge in [-0.05, 0) is 142 Å². The zero-order valence-corrected chi connectivity index (χ0v) is 37.0. The van der Waals surface area contributed by atoms with E-state index in [-0.39, 0.29) is 0 Å². The van der Waals surface area contributed by atoms with Crippen molar-refractivity contribution in [3.63, 3.8) is 0 Å².